The number of hydrogen-bond acceptors (Lipinski definition) is 3. The van der Waals surface area contributed by atoms with Crippen LogP contribution in [0.15, 0.2) is 42.5 Å². The highest BCUT2D eigenvalue weighted by molar-refractivity contribution is 7.92. The van der Waals surface area contributed by atoms with Crippen LogP contribution in [0, 0.1) is 13.8 Å². The van der Waals surface area contributed by atoms with Crippen molar-refractivity contribution in [3.63, 3.8) is 0 Å². The van der Waals surface area contributed by atoms with Crippen molar-refractivity contribution in [1.82, 2.24) is 5.32 Å². The van der Waals surface area contributed by atoms with E-state index in [0.29, 0.717) is 10.7 Å². The van der Waals surface area contributed by atoms with Crippen LogP contribution in [-0.2, 0) is 21.4 Å². The van der Waals surface area contributed by atoms with E-state index >= 15 is 0 Å². The molecule has 0 heterocycles. The molecule has 0 aromatic heterocycles. The predicted octanol–water partition coefficient (Wildman–Crippen LogP) is 3.43. The van der Waals surface area contributed by atoms with Gasteiger partial charge in [-0.3, -0.25) is 9.10 Å². The molecule has 7 heteroatoms. The smallest absolute Gasteiger partial charge is 0.243 e. The van der Waals surface area contributed by atoms with Crippen LogP contribution >= 0.6 is 11.6 Å². The first-order valence-electron chi connectivity index (χ1n) is 8.19. The summed E-state index contributed by atoms with van der Waals surface area (Å²) in [6, 6.07) is 11.8. The van der Waals surface area contributed by atoms with Crippen LogP contribution < -0.4 is 9.62 Å². The lowest BCUT2D eigenvalue weighted by Crippen LogP contribution is -2.48. The molecule has 1 amide bonds. The van der Waals surface area contributed by atoms with Crippen molar-refractivity contribution in [2.24, 2.45) is 0 Å². The Kier molecular flexibility index (Phi) is 6.31. The van der Waals surface area contributed by atoms with E-state index in [9.17, 15) is 13.2 Å². The molecule has 0 saturated carbocycles. The van der Waals surface area contributed by atoms with E-state index in [4.69, 9.17) is 11.6 Å². The van der Waals surface area contributed by atoms with Crippen molar-refractivity contribution in [2.45, 2.75) is 33.4 Å². The number of carbonyl (C=O) groups excluding carboxylic acids is 1. The summed E-state index contributed by atoms with van der Waals surface area (Å²) in [5.41, 5.74) is 2.98. The second-order valence-corrected chi connectivity index (χ2v) is 8.60. The summed E-state index contributed by atoms with van der Waals surface area (Å²) in [4.78, 5) is 12.6. The molecule has 2 aromatic carbocycles. The summed E-state index contributed by atoms with van der Waals surface area (Å²) in [5, 5.41) is 3.32. The predicted molar refractivity (Wildman–Crippen MR) is 106 cm³/mol. The zero-order chi connectivity index (χ0) is 19.5. The third kappa shape index (κ3) is 4.77. The van der Waals surface area contributed by atoms with Crippen molar-refractivity contribution < 1.29 is 13.2 Å². The average molecular weight is 395 g/mol. The Balaban J connectivity index is 2.27. The van der Waals surface area contributed by atoms with Crippen LogP contribution in [0.4, 0.5) is 5.69 Å². The number of aryl methyl sites for hydroxylation is 2. The number of carbonyl (C=O) groups is 1. The van der Waals surface area contributed by atoms with Gasteiger partial charge >= 0.3 is 0 Å². The lowest BCUT2D eigenvalue weighted by atomic mass is 10.1. The standard InChI is InChI=1S/C19H23ClN2O3S/c1-13-9-10-14(2)18(11-13)22(26(4,24)25)15(3)19(23)21-12-16-7-5-6-8-17(16)20/h5-11,15H,12H2,1-4H3,(H,21,23)/t15-/m0/s1. The number of nitrogens with one attached hydrogen (secondary N) is 1. The van der Waals surface area contributed by atoms with Gasteiger partial charge in [0.25, 0.3) is 0 Å². The molecular formula is C19H23ClN2O3S. The molecular weight excluding hydrogens is 372 g/mol. The van der Waals surface area contributed by atoms with Crippen LogP contribution in [0.1, 0.15) is 23.6 Å². The normalized spacial score (nSPS) is 12.5. The fourth-order valence-corrected chi connectivity index (χ4v) is 4.14. The van der Waals surface area contributed by atoms with E-state index in [2.05, 4.69) is 5.32 Å². The molecule has 26 heavy (non-hydrogen) atoms. The first-order chi connectivity index (χ1) is 12.1. The third-order valence-electron chi connectivity index (χ3n) is 4.10. The number of sulfonamides is 1. The van der Waals surface area contributed by atoms with Crippen molar-refractivity contribution in [3.05, 3.63) is 64.2 Å². The van der Waals surface area contributed by atoms with Crippen LogP contribution in [0.5, 0.6) is 0 Å². The van der Waals surface area contributed by atoms with Crippen LogP contribution in [0.3, 0.4) is 0 Å². The summed E-state index contributed by atoms with van der Waals surface area (Å²) in [7, 11) is -3.65. The number of amides is 1. The molecule has 0 saturated heterocycles. The average Bonchev–Trinajstić information content (AvgIpc) is 2.56. The minimum Gasteiger partial charge on any atom is -0.350 e. The summed E-state index contributed by atoms with van der Waals surface area (Å²) in [6.45, 7) is 5.50. The molecule has 5 nitrogen and oxygen atoms in total. The van der Waals surface area contributed by atoms with E-state index in [-0.39, 0.29) is 6.54 Å². The second kappa shape index (κ2) is 8.10. The van der Waals surface area contributed by atoms with Crippen molar-refractivity contribution >= 4 is 33.2 Å². The summed E-state index contributed by atoms with van der Waals surface area (Å²) >= 11 is 6.10. The highest BCUT2D eigenvalue weighted by atomic mass is 35.5. The molecule has 0 aliphatic heterocycles. The van der Waals surface area contributed by atoms with Gasteiger partial charge in [-0.25, -0.2) is 8.42 Å². The van der Waals surface area contributed by atoms with Crippen LogP contribution in [0.25, 0.3) is 0 Å². The quantitative estimate of drug-likeness (QED) is 0.816. The maximum Gasteiger partial charge on any atom is 0.243 e. The van der Waals surface area contributed by atoms with Gasteiger partial charge in [-0.15, -0.1) is 0 Å². The van der Waals surface area contributed by atoms with Gasteiger partial charge in [0, 0.05) is 11.6 Å². The molecule has 1 N–H and O–H groups in total. The Morgan fingerprint density at radius 1 is 1.19 bits per heavy atom. The Morgan fingerprint density at radius 2 is 1.85 bits per heavy atom. The van der Waals surface area contributed by atoms with Crippen molar-refractivity contribution in [3.8, 4) is 0 Å². The van der Waals surface area contributed by atoms with Gasteiger partial charge < -0.3 is 5.32 Å². The van der Waals surface area contributed by atoms with Gasteiger partial charge in [0.2, 0.25) is 15.9 Å². The van der Waals surface area contributed by atoms with Gasteiger partial charge in [0.15, 0.2) is 0 Å². The fraction of sp³-hybridized carbons (Fsp3) is 0.316. The number of rotatable bonds is 6. The van der Waals surface area contributed by atoms with Crippen molar-refractivity contribution in [1.29, 1.82) is 0 Å². The minimum atomic E-state index is -3.65. The van der Waals surface area contributed by atoms with Gasteiger partial charge in [-0.1, -0.05) is 41.9 Å². The Hall–Kier alpha value is -2.05. The van der Waals surface area contributed by atoms with E-state index in [1.165, 1.54) is 0 Å². The van der Waals surface area contributed by atoms with Crippen LogP contribution in [0.2, 0.25) is 5.02 Å². The SMILES string of the molecule is Cc1ccc(C)c(N([C@@H](C)C(=O)NCc2ccccc2Cl)S(C)(=O)=O)c1. The zero-order valence-electron chi connectivity index (χ0n) is 15.3. The van der Waals surface area contributed by atoms with E-state index in [1.807, 2.05) is 44.2 Å². The molecule has 2 rings (SSSR count). The number of halogens is 1. The molecule has 0 fully saturated rings. The monoisotopic (exact) mass is 394 g/mol. The topological polar surface area (TPSA) is 66.5 Å². The number of hydrogen-bond donors (Lipinski definition) is 1. The second-order valence-electron chi connectivity index (χ2n) is 6.33. The number of anilines is 1. The first-order valence-corrected chi connectivity index (χ1v) is 10.4. The van der Waals surface area contributed by atoms with Gasteiger partial charge in [-0.05, 0) is 49.6 Å². The minimum absolute atomic E-state index is 0.229. The molecule has 0 aliphatic carbocycles. The summed E-state index contributed by atoms with van der Waals surface area (Å²) in [5.74, 6) is -0.392. The molecule has 0 radical (unpaired) electrons. The molecule has 140 valence electrons. The lowest BCUT2D eigenvalue weighted by Gasteiger charge is -2.29. The van der Waals surface area contributed by atoms with Crippen LogP contribution in [-0.4, -0.2) is 26.6 Å². The van der Waals surface area contributed by atoms with Crippen molar-refractivity contribution in [2.75, 3.05) is 10.6 Å². The van der Waals surface area contributed by atoms with E-state index in [0.717, 1.165) is 27.3 Å². The highest BCUT2D eigenvalue weighted by Crippen LogP contribution is 2.26. The molecule has 0 spiro atoms. The molecule has 0 aliphatic rings. The van der Waals surface area contributed by atoms with Gasteiger partial charge in [0.05, 0.1) is 11.9 Å². The summed E-state index contributed by atoms with van der Waals surface area (Å²) in [6.07, 6.45) is 1.10. The largest absolute Gasteiger partial charge is 0.350 e. The Labute approximate surface area is 160 Å². The number of nitrogens with zero attached hydrogens (tertiary/aromatic N) is 1. The fourth-order valence-electron chi connectivity index (χ4n) is 2.71. The maximum absolute atomic E-state index is 12.6. The summed E-state index contributed by atoms with van der Waals surface area (Å²) < 4.78 is 26.0. The highest BCUT2D eigenvalue weighted by Gasteiger charge is 2.30. The Bertz CT molecular complexity index is 913. The Morgan fingerprint density at radius 3 is 2.46 bits per heavy atom. The number of benzene rings is 2. The van der Waals surface area contributed by atoms with E-state index in [1.54, 1.807) is 19.1 Å². The van der Waals surface area contributed by atoms with E-state index < -0.39 is 22.0 Å². The lowest BCUT2D eigenvalue weighted by molar-refractivity contribution is -0.122. The zero-order valence-corrected chi connectivity index (χ0v) is 16.9. The molecule has 1 atom stereocenters. The first kappa shape index (κ1) is 20.3. The molecule has 0 unspecified atom stereocenters. The van der Waals surface area contributed by atoms with Gasteiger partial charge in [0.1, 0.15) is 6.04 Å². The molecule has 2 aromatic rings. The molecule has 0 bridgehead atoms. The third-order valence-corrected chi connectivity index (χ3v) is 5.70. The van der Waals surface area contributed by atoms with Gasteiger partial charge in [-0.2, -0.15) is 0 Å². The maximum atomic E-state index is 12.6.